The summed E-state index contributed by atoms with van der Waals surface area (Å²) in [7, 11) is 0. The topological polar surface area (TPSA) is 20.3 Å². The van der Waals surface area contributed by atoms with Crippen LogP contribution in [0.1, 0.15) is 33.1 Å². The van der Waals surface area contributed by atoms with E-state index >= 15 is 0 Å². The van der Waals surface area contributed by atoms with E-state index in [2.05, 4.69) is 18.7 Å². The van der Waals surface area contributed by atoms with Crippen molar-refractivity contribution in [3.05, 3.63) is 0 Å². The molecule has 0 radical (unpaired) electrons. The first-order valence-corrected chi connectivity index (χ1v) is 6.67. The molecule has 2 nitrogen and oxygen atoms in total. The van der Waals surface area contributed by atoms with E-state index in [1.165, 1.54) is 6.42 Å². The molecular formula is C11H19NOS. The molecule has 2 atom stereocenters. The summed E-state index contributed by atoms with van der Waals surface area (Å²) in [4.78, 5) is 14.2. The van der Waals surface area contributed by atoms with E-state index in [9.17, 15) is 4.79 Å². The molecule has 1 saturated heterocycles. The first kappa shape index (κ1) is 10.3. The van der Waals surface area contributed by atoms with Crippen molar-refractivity contribution in [3.63, 3.8) is 0 Å². The van der Waals surface area contributed by atoms with Gasteiger partial charge in [-0.1, -0.05) is 13.3 Å². The Morgan fingerprint density at radius 1 is 1.36 bits per heavy atom. The number of hydrogen-bond donors (Lipinski definition) is 0. The Balaban J connectivity index is 1.97. The molecule has 0 aromatic rings. The van der Waals surface area contributed by atoms with Crippen LogP contribution in [0, 0.1) is 5.92 Å². The molecule has 3 heteroatoms. The lowest BCUT2D eigenvalue weighted by Crippen LogP contribution is -2.51. The number of rotatable bonds is 1. The molecule has 1 aliphatic carbocycles. The van der Waals surface area contributed by atoms with Gasteiger partial charge in [0.2, 0.25) is 5.91 Å². The summed E-state index contributed by atoms with van der Waals surface area (Å²) in [5, 5.41) is 0.604. The number of carbonyl (C=O) groups is 1. The summed E-state index contributed by atoms with van der Waals surface area (Å²) in [6.45, 7) is 5.38. The van der Waals surface area contributed by atoms with Gasteiger partial charge in [0.1, 0.15) is 0 Å². The lowest BCUT2D eigenvalue weighted by Gasteiger charge is -2.41. The van der Waals surface area contributed by atoms with E-state index in [4.69, 9.17) is 0 Å². The van der Waals surface area contributed by atoms with Crippen LogP contribution in [-0.2, 0) is 4.79 Å². The summed E-state index contributed by atoms with van der Waals surface area (Å²) >= 11 is 1.99. The van der Waals surface area contributed by atoms with Crippen molar-refractivity contribution in [2.24, 2.45) is 5.92 Å². The highest BCUT2D eigenvalue weighted by Crippen LogP contribution is 2.32. The van der Waals surface area contributed by atoms with Gasteiger partial charge in [-0.05, 0) is 19.8 Å². The quantitative estimate of drug-likeness (QED) is 0.665. The molecule has 2 rings (SSSR count). The predicted molar refractivity (Wildman–Crippen MR) is 60.4 cm³/mol. The fraction of sp³-hybridized carbons (Fsp3) is 0.909. The van der Waals surface area contributed by atoms with Gasteiger partial charge < -0.3 is 4.90 Å². The summed E-state index contributed by atoms with van der Waals surface area (Å²) in [5.41, 5.74) is 0. The Morgan fingerprint density at radius 3 is 2.64 bits per heavy atom. The second kappa shape index (κ2) is 4.13. The summed E-state index contributed by atoms with van der Waals surface area (Å²) in [6, 6.07) is 0.432. The molecule has 0 aromatic carbocycles. The van der Waals surface area contributed by atoms with Crippen LogP contribution in [0.5, 0.6) is 0 Å². The predicted octanol–water partition coefficient (Wildman–Crippen LogP) is 2.14. The van der Waals surface area contributed by atoms with Crippen LogP contribution in [0.2, 0.25) is 0 Å². The van der Waals surface area contributed by atoms with Gasteiger partial charge in [0, 0.05) is 29.5 Å². The number of hydrogen-bond acceptors (Lipinski definition) is 2. The molecule has 2 fully saturated rings. The molecule has 14 heavy (non-hydrogen) atoms. The number of nitrogens with zero attached hydrogens (tertiary/aromatic N) is 1. The van der Waals surface area contributed by atoms with E-state index in [0.29, 0.717) is 23.1 Å². The fourth-order valence-electron chi connectivity index (χ4n) is 2.13. The van der Waals surface area contributed by atoms with E-state index < -0.39 is 0 Å². The molecule has 2 unspecified atom stereocenters. The molecule has 2 aliphatic rings. The Bertz CT molecular complexity index is 227. The molecule has 0 spiro atoms. The van der Waals surface area contributed by atoms with Gasteiger partial charge in [0.25, 0.3) is 0 Å². The van der Waals surface area contributed by atoms with Crippen LogP contribution in [0.25, 0.3) is 0 Å². The first-order chi connectivity index (χ1) is 6.70. The van der Waals surface area contributed by atoms with Gasteiger partial charge in [-0.15, -0.1) is 0 Å². The third kappa shape index (κ3) is 1.79. The normalized spacial score (nSPS) is 34.0. The van der Waals surface area contributed by atoms with Crippen molar-refractivity contribution in [2.75, 3.05) is 12.3 Å². The molecular weight excluding hydrogens is 194 g/mol. The van der Waals surface area contributed by atoms with Crippen molar-refractivity contribution >= 4 is 17.7 Å². The van der Waals surface area contributed by atoms with E-state index in [0.717, 1.165) is 25.1 Å². The first-order valence-electron chi connectivity index (χ1n) is 5.62. The van der Waals surface area contributed by atoms with Crippen LogP contribution in [0.15, 0.2) is 0 Å². The van der Waals surface area contributed by atoms with Crippen molar-refractivity contribution < 1.29 is 4.79 Å². The maximum atomic E-state index is 12.1. The van der Waals surface area contributed by atoms with Crippen LogP contribution in [-0.4, -0.2) is 34.4 Å². The molecule has 0 N–H and O–H groups in total. The average Bonchev–Trinajstić information content (AvgIpc) is 2.06. The summed E-state index contributed by atoms with van der Waals surface area (Å²) < 4.78 is 0. The highest BCUT2D eigenvalue weighted by atomic mass is 32.2. The fourth-order valence-corrected chi connectivity index (χ4v) is 3.23. The SMILES string of the molecule is CC1SCCN(C(=O)C2CCC2)C1C. The minimum atomic E-state index is 0.368. The summed E-state index contributed by atoms with van der Waals surface area (Å²) in [6.07, 6.45) is 3.51. The Labute approximate surface area is 90.4 Å². The largest absolute Gasteiger partial charge is 0.338 e. The minimum absolute atomic E-state index is 0.368. The molecule has 80 valence electrons. The second-order valence-corrected chi connectivity index (χ2v) is 5.96. The standard InChI is InChI=1S/C11H19NOS/c1-8-9(2)14-7-6-12(8)11(13)10-4-3-5-10/h8-10H,3-7H2,1-2H3. The Hall–Kier alpha value is -0.180. The Kier molecular flexibility index (Phi) is 3.05. The zero-order valence-corrected chi connectivity index (χ0v) is 9.85. The van der Waals surface area contributed by atoms with E-state index in [-0.39, 0.29) is 0 Å². The average molecular weight is 213 g/mol. The van der Waals surface area contributed by atoms with Crippen molar-refractivity contribution in [1.29, 1.82) is 0 Å². The van der Waals surface area contributed by atoms with E-state index in [1.807, 2.05) is 11.8 Å². The van der Waals surface area contributed by atoms with Crippen LogP contribution >= 0.6 is 11.8 Å². The lowest BCUT2D eigenvalue weighted by atomic mass is 9.84. The van der Waals surface area contributed by atoms with Crippen LogP contribution < -0.4 is 0 Å². The zero-order chi connectivity index (χ0) is 10.1. The van der Waals surface area contributed by atoms with Gasteiger partial charge in [-0.3, -0.25) is 4.79 Å². The number of carbonyl (C=O) groups excluding carboxylic acids is 1. The van der Waals surface area contributed by atoms with Crippen molar-refractivity contribution in [3.8, 4) is 0 Å². The summed E-state index contributed by atoms with van der Waals surface area (Å²) in [5.74, 6) is 1.91. The van der Waals surface area contributed by atoms with Gasteiger partial charge in [0.05, 0.1) is 0 Å². The highest BCUT2D eigenvalue weighted by Gasteiger charge is 2.35. The Morgan fingerprint density at radius 2 is 2.07 bits per heavy atom. The van der Waals surface area contributed by atoms with E-state index in [1.54, 1.807) is 0 Å². The third-order valence-electron chi connectivity index (χ3n) is 3.62. The van der Waals surface area contributed by atoms with Gasteiger partial charge in [-0.2, -0.15) is 11.8 Å². The van der Waals surface area contributed by atoms with Crippen LogP contribution in [0.3, 0.4) is 0 Å². The smallest absolute Gasteiger partial charge is 0.225 e. The molecule has 1 amide bonds. The molecule has 1 heterocycles. The zero-order valence-electron chi connectivity index (χ0n) is 9.03. The van der Waals surface area contributed by atoms with Gasteiger partial charge in [-0.25, -0.2) is 0 Å². The molecule has 0 aromatic heterocycles. The minimum Gasteiger partial charge on any atom is -0.338 e. The molecule has 1 aliphatic heterocycles. The monoisotopic (exact) mass is 213 g/mol. The third-order valence-corrected chi connectivity index (χ3v) is 4.96. The maximum absolute atomic E-state index is 12.1. The van der Waals surface area contributed by atoms with Crippen LogP contribution in [0.4, 0.5) is 0 Å². The number of amides is 1. The molecule has 1 saturated carbocycles. The van der Waals surface area contributed by atoms with Crippen molar-refractivity contribution in [1.82, 2.24) is 4.90 Å². The van der Waals surface area contributed by atoms with Gasteiger partial charge >= 0.3 is 0 Å². The van der Waals surface area contributed by atoms with Gasteiger partial charge in [0.15, 0.2) is 0 Å². The molecule has 0 bridgehead atoms. The maximum Gasteiger partial charge on any atom is 0.225 e. The highest BCUT2D eigenvalue weighted by molar-refractivity contribution is 8.00. The lowest BCUT2D eigenvalue weighted by molar-refractivity contribution is -0.140. The number of thioether (sulfide) groups is 1. The van der Waals surface area contributed by atoms with Crippen molar-refractivity contribution in [2.45, 2.75) is 44.4 Å². The second-order valence-electron chi connectivity index (χ2n) is 4.48.